The lowest BCUT2D eigenvalue weighted by atomic mass is 10.1. The lowest BCUT2D eigenvalue weighted by molar-refractivity contribution is -0.122. The fourth-order valence-electron chi connectivity index (χ4n) is 2.90. The van der Waals surface area contributed by atoms with Crippen LogP contribution in [0.3, 0.4) is 0 Å². The van der Waals surface area contributed by atoms with Crippen molar-refractivity contribution >= 4 is 30.7 Å². The largest absolute Gasteiger partial charge is 0.353 e. The second-order valence-corrected chi connectivity index (χ2v) is 5.64. The summed E-state index contributed by atoms with van der Waals surface area (Å²) in [6, 6.07) is 0.501. The predicted molar refractivity (Wildman–Crippen MR) is 88.1 cm³/mol. The van der Waals surface area contributed by atoms with E-state index >= 15 is 0 Å². The van der Waals surface area contributed by atoms with Crippen LogP contribution in [0.25, 0.3) is 0 Å². The van der Waals surface area contributed by atoms with E-state index < -0.39 is 0 Å². The molecule has 120 valence electrons. The molecule has 2 fully saturated rings. The fourth-order valence-corrected chi connectivity index (χ4v) is 2.90. The Morgan fingerprint density at radius 2 is 1.70 bits per heavy atom. The molecule has 2 rings (SSSR count). The topological polar surface area (TPSA) is 44.4 Å². The Hall–Kier alpha value is -0.0300. The fraction of sp³-hybridized carbons (Fsp3) is 0.929. The molecule has 0 bridgehead atoms. The van der Waals surface area contributed by atoms with Crippen molar-refractivity contribution in [3.63, 3.8) is 0 Å². The van der Waals surface area contributed by atoms with Gasteiger partial charge in [-0.25, -0.2) is 0 Å². The SMILES string of the molecule is Cl.Cl.O=C(CN1CCCCCCC1)NC[C@@H]1CCCN1. The van der Waals surface area contributed by atoms with E-state index in [2.05, 4.69) is 15.5 Å². The van der Waals surface area contributed by atoms with Gasteiger partial charge in [0, 0.05) is 12.6 Å². The Morgan fingerprint density at radius 1 is 1.05 bits per heavy atom. The second kappa shape index (κ2) is 11.6. The van der Waals surface area contributed by atoms with Gasteiger partial charge < -0.3 is 10.6 Å². The summed E-state index contributed by atoms with van der Waals surface area (Å²) in [5, 5.41) is 6.47. The van der Waals surface area contributed by atoms with Gasteiger partial charge in [-0.3, -0.25) is 9.69 Å². The summed E-state index contributed by atoms with van der Waals surface area (Å²) in [5.74, 6) is 0.198. The summed E-state index contributed by atoms with van der Waals surface area (Å²) < 4.78 is 0. The molecule has 1 atom stereocenters. The van der Waals surface area contributed by atoms with Crippen LogP contribution in [0.5, 0.6) is 0 Å². The highest BCUT2D eigenvalue weighted by molar-refractivity contribution is 5.85. The van der Waals surface area contributed by atoms with Crippen LogP contribution >= 0.6 is 24.8 Å². The monoisotopic (exact) mass is 325 g/mol. The minimum atomic E-state index is 0. The molecule has 0 aromatic heterocycles. The van der Waals surface area contributed by atoms with Crippen LogP contribution in [-0.4, -0.2) is 49.6 Å². The lowest BCUT2D eigenvalue weighted by Crippen LogP contribution is -2.43. The number of rotatable bonds is 4. The molecule has 2 N–H and O–H groups in total. The summed E-state index contributed by atoms with van der Waals surface area (Å²) in [6.45, 7) is 4.68. The van der Waals surface area contributed by atoms with Crippen molar-refractivity contribution in [1.82, 2.24) is 15.5 Å². The minimum Gasteiger partial charge on any atom is -0.353 e. The summed E-state index contributed by atoms with van der Waals surface area (Å²) >= 11 is 0. The Balaban J connectivity index is 0.00000180. The van der Waals surface area contributed by atoms with E-state index in [0.717, 1.165) is 26.2 Å². The minimum absolute atomic E-state index is 0. The summed E-state index contributed by atoms with van der Waals surface area (Å²) in [6.07, 6.45) is 8.95. The Labute approximate surface area is 135 Å². The van der Waals surface area contributed by atoms with Crippen molar-refractivity contribution in [3.8, 4) is 0 Å². The van der Waals surface area contributed by atoms with Gasteiger partial charge in [-0.15, -0.1) is 24.8 Å². The highest BCUT2D eigenvalue weighted by Crippen LogP contribution is 2.10. The molecule has 2 aliphatic rings. The van der Waals surface area contributed by atoms with E-state index in [1.807, 2.05) is 0 Å². The molecule has 0 aromatic carbocycles. The molecule has 2 saturated heterocycles. The number of hydrogen-bond acceptors (Lipinski definition) is 3. The van der Waals surface area contributed by atoms with Gasteiger partial charge in [0.1, 0.15) is 0 Å². The van der Waals surface area contributed by atoms with Gasteiger partial charge in [-0.2, -0.15) is 0 Å². The molecular formula is C14H29Cl2N3O. The highest BCUT2D eigenvalue weighted by atomic mass is 35.5. The van der Waals surface area contributed by atoms with E-state index in [-0.39, 0.29) is 30.7 Å². The summed E-state index contributed by atoms with van der Waals surface area (Å²) in [5.41, 5.74) is 0. The van der Waals surface area contributed by atoms with E-state index in [9.17, 15) is 4.79 Å². The van der Waals surface area contributed by atoms with Gasteiger partial charge in [0.15, 0.2) is 0 Å². The Morgan fingerprint density at radius 3 is 2.30 bits per heavy atom. The third-order valence-electron chi connectivity index (χ3n) is 4.02. The zero-order valence-corrected chi connectivity index (χ0v) is 13.9. The van der Waals surface area contributed by atoms with E-state index in [1.165, 1.54) is 44.9 Å². The normalized spacial score (nSPS) is 23.9. The van der Waals surface area contributed by atoms with Crippen LogP contribution in [0, 0.1) is 0 Å². The molecule has 20 heavy (non-hydrogen) atoms. The molecule has 0 unspecified atom stereocenters. The Kier molecular flexibility index (Phi) is 11.6. The van der Waals surface area contributed by atoms with Crippen molar-refractivity contribution < 1.29 is 4.79 Å². The van der Waals surface area contributed by atoms with Crippen LogP contribution < -0.4 is 10.6 Å². The maximum Gasteiger partial charge on any atom is 0.234 e. The standard InChI is InChI=1S/C14H27N3O.2ClH/c18-14(16-11-13-7-6-8-15-13)12-17-9-4-2-1-3-5-10-17;;/h13,15H,1-12H2,(H,16,18);2*1H/t13-;;/m0../s1. The van der Waals surface area contributed by atoms with Crippen LogP contribution in [-0.2, 0) is 4.79 Å². The van der Waals surface area contributed by atoms with E-state index in [1.54, 1.807) is 0 Å². The maximum absolute atomic E-state index is 11.9. The van der Waals surface area contributed by atoms with Crippen molar-refractivity contribution in [2.45, 2.75) is 51.0 Å². The number of nitrogens with one attached hydrogen (secondary N) is 2. The maximum atomic E-state index is 11.9. The second-order valence-electron chi connectivity index (χ2n) is 5.64. The predicted octanol–water partition coefficient (Wildman–Crippen LogP) is 1.96. The quantitative estimate of drug-likeness (QED) is 0.830. The molecule has 0 saturated carbocycles. The number of halogens is 2. The van der Waals surface area contributed by atoms with Gasteiger partial charge in [-0.1, -0.05) is 19.3 Å². The average molecular weight is 326 g/mol. The van der Waals surface area contributed by atoms with Crippen LogP contribution in [0.4, 0.5) is 0 Å². The molecule has 0 radical (unpaired) electrons. The van der Waals surface area contributed by atoms with Crippen molar-refractivity contribution in [2.75, 3.05) is 32.7 Å². The van der Waals surface area contributed by atoms with Crippen molar-refractivity contribution in [1.29, 1.82) is 0 Å². The Bertz CT molecular complexity index is 253. The van der Waals surface area contributed by atoms with Gasteiger partial charge in [0.25, 0.3) is 0 Å². The molecule has 0 aromatic rings. The third kappa shape index (κ3) is 7.67. The first-order valence-electron chi connectivity index (χ1n) is 7.57. The molecule has 2 aliphatic heterocycles. The van der Waals surface area contributed by atoms with Gasteiger partial charge >= 0.3 is 0 Å². The van der Waals surface area contributed by atoms with Gasteiger partial charge in [0.2, 0.25) is 5.91 Å². The average Bonchev–Trinajstić information content (AvgIpc) is 2.83. The molecule has 1 amide bonds. The lowest BCUT2D eigenvalue weighted by Gasteiger charge is -2.24. The first kappa shape index (κ1) is 20.0. The molecule has 0 aliphatic carbocycles. The molecule has 4 nitrogen and oxygen atoms in total. The molecule has 6 heteroatoms. The van der Waals surface area contributed by atoms with Gasteiger partial charge in [-0.05, 0) is 45.3 Å². The van der Waals surface area contributed by atoms with Crippen LogP contribution in [0.2, 0.25) is 0 Å². The van der Waals surface area contributed by atoms with Crippen molar-refractivity contribution in [2.24, 2.45) is 0 Å². The van der Waals surface area contributed by atoms with Crippen LogP contribution in [0.15, 0.2) is 0 Å². The number of likely N-dealkylation sites (tertiary alicyclic amines) is 1. The number of nitrogens with zero attached hydrogens (tertiary/aromatic N) is 1. The number of amides is 1. The van der Waals surface area contributed by atoms with E-state index in [4.69, 9.17) is 0 Å². The van der Waals surface area contributed by atoms with Crippen LogP contribution in [0.1, 0.15) is 44.9 Å². The first-order chi connectivity index (χ1) is 8.84. The third-order valence-corrected chi connectivity index (χ3v) is 4.02. The number of carbonyl (C=O) groups is 1. The van der Waals surface area contributed by atoms with Gasteiger partial charge in [0.05, 0.1) is 6.54 Å². The smallest absolute Gasteiger partial charge is 0.234 e. The molecule has 2 heterocycles. The zero-order valence-electron chi connectivity index (χ0n) is 12.2. The zero-order chi connectivity index (χ0) is 12.6. The summed E-state index contributed by atoms with van der Waals surface area (Å²) in [4.78, 5) is 14.2. The first-order valence-corrected chi connectivity index (χ1v) is 7.57. The molecule has 0 spiro atoms. The summed E-state index contributed by atoms with van der Waals surface area (Å²) in [7, 11) is 0. The number of carbonyl (C=O) groups excluding carboxylic acids is 1. The molecular weight excluding hydrogens is 297 g/mol. The highest BCUT2D eigenvalue weighted by Gasteiger charge is 2.16. The number of hydrogen-bond donors (Lipinski definition) is 2. The van der Waals surface area contributed by atoms with E-state index in [0.29, 0.717) is 12.6 Å². The van der Waals surface area contributed by atoms with Crippen molar-refractivity contribution in [3.05, 3.63) is 0 Å².